The lowest BCUT2D eigenvalue weighted by Gasteiger charge is -2.28. The van der Waals surface area contributed by atoms with Crippen LogP contribution in [-0.4, -0.2) is 34.7 Å². The summed E-state index contributed by atoms with van der Waals surface area (Å²) < 4.78 is 13.2. The van der Waals surface area contributed by atoms with Crippen LogP contribution in [-0.2, 0) is 22.7 Å². The monoisotopic (exact) mass is 402 g/mol. The van der Waals surface area contributed by atoms with Gasteiger partial charge >= 0.3 is 0 Å². The molecule has 0 saturated heterocycles. The molecular weight excluding hydrogens is 375 g/mol. The van der Waals surface area contributed by atoms with Gasteiger partial charge in [0.05, 0.1) is 6.54 Å². The molecule has 2 rings (SSSR count). The maximum absolute atomic E-state index is 13.2. The lowest BCUT2D eigenvalue weighted by Crippen LogP contribution is -2.43. The molecular formula is C22H27FN2O2S. The van der Waals surface area contributed by atoms with E-state index in [1.807, 2.05) is 32.9 Å². The van der Waals surface area contributed by atoms with Gasteiger partial charge in [-0.25, -0.2) is 4.39 Å². The molecule has 4 nitrogen and oxygen atoms in total. The number of benzene rings is 1. The molecule has 0 spiro atoms. The molecule has 0 aliphatic carbocycles. The van der Waals surface area contributed by atoms with Crippen molar-refractivity contribution in [1.82, 2.24) is 9.80 Å². The molecule has 0 unspecified atom stereocenters. The lowest BCUT2D eigenvalue weighted by molar-refractivity contribution is -0.142. The van der Waals surface area contributed by atoms with Gasteiger partial charge in [0.15, 0.2) is 0 Å². The second-order valence-electron chi connectivity index (χ2n) is 7.05. The molecule has 0 N–H and O–H groups in total. The summed E-state index contributed by atoms with van der Waals surface area (Å²) in [6, 6.07) is 10.2. The Kier molecular flexibility index (Phi) is 7.93. The van der Waals surface area contributed by atoms with E-state index in [2.05, 4.69) is 6.58 Å². The third-order valence-electron chi connectivity index (χ3n) is 4.26. The van der Waals surface area contributed by atoms with Gasteiger partial charge in [-0.1, -0.05) is 32.1 Å². The Labute approximate surface area is 170 Å². The van der Waals surface area contributed by atoms with E-state index in [4.69, 9.17) is 0 Å². The van der Waals surface area contributed by atoms with E-state index in [0.717, 1.165) is 10.4 Å². The van der Waals surface area contributed by atoms with Crippen molar-refractivity contribution in [2.24, 2.45) is 5.92 Å². The lowest BCUT2D eigenvalue weighted by atomic mass is 10.1. The van der Waals surface area contributed by atoms with Gasteiger partial charge in [-0.15, -0.1) is 17.9 Å². The number of amides is 2. The van der Waals surface area contributed by atoms with Crippen molar-refractivity contribution in [1.29, 1.82) is 0 Å². The molecule has 0 atom stereocenters. The molecule has 0 radical (unpaired) electrons. The fourth-order valence-corrected chi connectivity index (χ4v) is 3.72. The van der Waals surface area contributed by atoms with Gasteiger partial charge in [-0.05, 0) is 36.8 Å². The first-order valence-electron chi connectivity index (χ1n) is 9.27. The number of carbonyl (C=O) groups is 2. The minimum atomic E-state index is -0.310. The Morgan fingerprint density at radius 1 is 1.11 bits per heavy atom. The van der Waals surface area contributed by atoms with Crippen LogP contribution in [0.4, 0.5) is 4.39 Å². The number of halogens is 1. The highest BCUT2D eigenvalue weighted by Crippen LogP contribution is 2.19. The van der Waals surface area contributed by atoms with Crippen LogP contribution in [0.3, 0.4) is 0 Å². The zero-order chi connectivity index (χ0) is 20.7. The second kappa shape index (κ2) is 10.2. The molecule has 2 amide bonds. The molecule has 0 aliphatic heterocycles. The maximum Gasteiger partial charge on any atom is 0.242 e. The zero-order valence-electron chi connectivity index (χ0n) is 16.7. The Morgan fingerprint density at radius 3 is 2.32 bits per heavy atom. The number of hydrogen-bond donors (Lipinski definition) is 0. The van der Waals surface area contributed by atoms with Gasteiger partial charge in [0.1, 0.15) is 12.4 Å². The summed E-state index contributed by atoms with van der Waals surface area (Å²) in [5.74, 6) is -0.735. The first-order chi connectivity index (χ1) is 13.3. The van der Waals surface area contributed by atoms with E-state index in [1.165, 1.54) is 21.9 Å². The minimum absolute atomic E-state index is 0.00537. The highest BCUT2D eigenvalue weighted by atomic mass is 32.1. The molecule has 1 aromatic carbocycles. The largest absolute Gasteiger partial charge is 0.332 e. The summed E-state index contributed by atoms with van der Waals surface area (Å²) >= 11 is 1.64. The van der Waals surface area contributed by atoms with Gasteiger partial charge in [0, 0.05) is 28.8 Å². The van der Waals surface area contributed by atoms with Crippen LogP contribution in [0.5, 0.6) is 0 Å². The molecule has 0 fully saturated rings. The van der Waals surface area contributed by atoms with E-state index >= 15 is 0 Å². The number of carbonyl (C=O) groups excluding carboxylic acids is 2. The van der Waals surface area contributed by atoms with Crippen molar-refractivity contribution in [3.63, 3.8) is 0 Å². The third-order valence-corrected chi connectivity index (χ3v) is 5.25. The number of nitrogens with zero attached hydrogens (tertiary/aromatic N) is 2. The van der Waals surface area contributed by atoms with Crippen molar-refractivity contribution < 1.29 is 14.0 Å². The van der Waals surface area contributed by atoms with Crippen LogP contribution in [0.15, 0.2) is 49.1 Å². The van der Waals surface area contributed by atoms with E-state index in [1.54, 1.807) is 34.4 Å². The molecule has 0 aliphatic rings. The first kappa shape index (κ1) is 21.8. The molecule has 1 aromatic heterocycles. The van der Waals surface area contributed by atoms with Crippen molar-refractivity contribution in [2.75, 3.05) is 13.1 Å². The van der Waals surface area contributed by atoms with Crippen molar-refractivity contribution in [3.05, 3.63) is 70.2 Å². The second-order valence-corrected chi connectivity index (χ2v) is 8.42. The van der Waals surface area contributed by atoms with Gasteiger partial charge in [0.25, 0.3) is 0 Å². The molecule has 6 heteroatoms. The molecule has 0 saturated carbocycles. The summed E-state index contributed by atoms with van der Waals surface area (Å²) in [6.07, 6.45) is 1.63. The topological polar surface area (TPSA) is 40.6 Å². The van der Waals surface area contributed by atoms with Gasteiger partial charge in [-0.3, -0.25) is 9.59 Å². The summed E-state index contributed by atoms with van der Waals surface area (Å²) in [5, 5.41) is 0. The summed E-state index contributed by atoms with van der Waals surface area (Å²) in [4.78, 5) is 31.0. The van der Waals surface area contributed by atoms with Gasteiger partial charge in [0.2, 0.25) is 11.8 Å². The summed E-state index contributed by atoms with van der Waals surface area (Å²) in [5.41, 5.74) is 0.841. The van der Waals surface area contributed by atoms with Gasteiger partial charge < -0.3 is 9.80 Å². The zero-order valence-corrected chi connectivity index (χ0v) is 17.5. The Morgan fingerprint density at radius 2 is 1.79 bits per heavy atom. The van der Waals surface area contributed by atoms with E-state index in [-0.39, 0.29) is 30.1 Å². The Hall–Kier alpha value is -2.47. The van der Waals surface area contributed by atoms with Crippen LogP contribution < -0.4 is 0 Å². The normalized spacial score (nSPS) is 10.8. The van der Waals surface area contributed by atoms with Crippen LogP contribution in [0.2, 0.25) is 0 Å². The smallest absolute Gasteiger partial charge is 0.242 e. The fourth-order valence-electron chi connectivity index (χ4n) is 2.82. The number of aryl methyl sites for hydroxylation is 1. The summed E-state index contributed by atoms with van der Waals surface area (Å²) in [6.45, 7) is 10.5. The SMILES string of the molecule is C=CCN(CC(=O)N(Cc1ccc(F)cc1)Cc1ccc(C)s1)C(=O)C(C)C. The average Bonchev–Trinajstić information content (AvgIpc) is 3.06. The molecule has 28 heavy (non-hydrogen) atoms. The van der Waals surface area contributed by atoms with E-state index < -0.39 is 0 Å². The summed E-state index contributed by atoms with van der Waals surface area (Å²) in [7, 11) is 0. The standard InChI is InChI=1S/C22H27FN2O2S/c1-5-12-24(22(27)16(2)3)15-21(26)25(14-20-11-6-17(4)28-20)13-18-7-9-19(23)10-8-18/h5-11,16H,1,12-15H2,2-4H3. The number of thiophene rings is 1. The van der Waals surface area contributed by atoms with Crippen molar-refractivity contribution in [3.8, 4) is 0 Å². The van der Waals surface area contributed by atoms with Gasteiger partial charge in [-0.2, -0.15) is 0 Å². The van der Waals surface area contributed by atoms with E-state index in [9.17, 15) is 14.0 Å². The van der Waals surface area contributed by atoms with Crippen LogP contribution >= 0.6 is 11.3 Å². The average molecular weight is 403 g/mol. The van der Waals surface area contributed by atoms with Crippen LogP contribution in [0.25, 0.3) is 0 Å². The molecule has 1 heterocycles. The molecule has 2 aromatic rings. The minimum Gasteiger partial charge on any atom is -0.332 e. The highest BCUT2D eigenvalue weighted by molar-refractivity contribution is 7.11. The number of rotatable bonds is 9. The number of hydrogen-bond acceptors (Lipinski definition) is 3. The fraction of sp³-hybridized carbons (Fsp3) is 0.364. The first-order valence-corrected chi connectivity index (χ1v) is 10.1. The van der Waals surface area contributed by atoms with Crippen molar-refractivity contribution in [2.45, 2.75) is 33.9 Å². The molecule has 150 valence electrons. The van der Waals surface area contributed by atoms with E-state index in [0.29, 0.717) is 19.6 Å². The third kappa shape index (κ3) is 6.30. The predicted octanol–water partition coefficient (Wildman–Crippen LogP) is 4.40. The van der Waals surface area contributed by atoms with Crippen LogP contribution in [0.1, 0.15) is 29.2 Å². The Balaban J connectivity index is 2.20. The van der Waals surface area contributed by atoms with Crippen LogP contribution in [0, 0.1) is 18.7 Å². The highest BCUT2D eigenvalue weighted by Gasteiger charge is 2.23. The Bertz CT molecular complexity index is 814. The maximum atomic E-state index is 13.2. The predicted molar refractivity (Wildman–Crippen MR) is 111 cm³/mol. The molecule has 0 bridgehead atoms. The van der Waals surface area contributed by atoms with Crippen molar-refractivity contribution >= 4 is 23.2 Å². The quantitative estimate of drug-likeness (QED) is 0.584.